The molecule has 0 aromatic heterocycles. The Labute approximate surface area is 164 Å². The van der Waals surface area contributed by atoms with Gasteiger partial charge in [-0.15, -0.1) is 0 Å². The quantitative estimate of drug-likeness (QED) is 0.341. The second-order valence-electron chi connectivity index (χ2n) is 7.43. The van der Waals surface area contributed by atoms with Crippen LogP contribution < -0.4 is 5.73 Å². The van der Waals surface area contributed by atoms with Gasteiger partial charge in [0.2, 0.25) is 0 Å². The van der Waals surface area contributed by atoms with Crippen molar-refractivity contribution in [3.05, 3.63) is 41.1 Å². The van der Waals surface area contributed by atoms with Gasteiger partial charge in [-0.25, -0.2) is 4.31 Å². The van der Waals surface area contributed by atoms with Crippen LogP contribution in [-0.2, 0) is 4.79 Å². The molecule has 1 aliphatic rings. The molecule has 142 valence electrons. The number of nitrogens with two attached hydrogens (primary N) is 1. The Morgan fingerprint density at radius 2 is 2.04 bits per heavy atom. The van der Waals surface area contributed by atoms with Gasteiger partial charge in [0.1, 0.15) is 11.6 Å². The smallest absolute Gasteiger partial charge is 0.252 e. The third-order valence-electron chi connectivity index (χ3n) is 4.07. The average molecular weight is 396 g/mol. The van der Waals surface area contributed by atoms with Gasteiger partial charge >= 0.3 is 0 Å². The van der Waals surface area contributed by atoms with Crippen LogP contribution in [0.15, 0.2) is 46.0 Å². The lowest BCUT2D eigenvalue weighted by Gasteiger charge is -2.29. The number of halogens is 1. The number of aliphatic hydroxyl groups excluding tert-OH is 1. The molecule has 1 aromatic carbocycles. The van der Waals surface area contributed by atoms with Gasteiger partial charge in [0, 0.05) is 34.5 Å². The molecule has 5 nitrogen and oxygen atoms in total. The first kappa shape index (κ1) is 20.8. The van der Waals surface area contributed by atoms with Crippen molar-refractivity contribution in [3.63, 3.8) is 0 Å². The molecule has 2 rings (SSSR count). The number of benzene rings is 1. The Morgan fingerprint density at radius 3 is 2.65 bits per heavy atom. The average Bonchev–Trinajstić information content (AvgIpc) is 2.56. The largest absolute Gasteiger partial charge is 0.512 e. The van der Waals surface area contributed by atoms with Gasteiger partial charge in [0.15, 0.2) is 0 Å². The van der Waals surface area contributed by atoms with Crippen LogP contribution in [0, 0.1) is 11.3 Å². The van der Waals surface area contributed by atoms with E-state index in [9.17, 15) is 9.90 Å². The summed E-state index contributed by atoms with van der Waals surface area (Å²) in [5, 5.41) is 10.7. The van der Waals surface area contributed by atoms with Gasteiger partial charge < -0.3 is 10.8 Å². The summed E-state index contributed by atoms with van der Waals surface area (Å²) in [6, 6.07) is 7.65. The molecule has 0 spiro atoms. The molecule has 0 aliphatic carbocycles. The normalized spacial score (nSPS) is 20.2. The molecule has 0 radical (unpaired) electrons. The number of rotatable bonds is 4. The van der Waals surface area contributed by atoms with Crippen molar-refractivity contribution >= 4 is 35.3 Å². The zero-order valence-electron chi connectivity index (χ0n) is 15.4. The number of carbonyl (C=O) groups is 1. The molecular formula is C19H26ClN3O2S. The number of aliphatic imine (C=N–C) groups is 1. The second-order valence-corrected chi connectivity index (χ2v) is 9.03. The van der Waals surface area contributed by atoms with Crippen molar-refractivity contribution in [2.45, 2.75) is 38.5 Å². The minimum absolute atomic E-state index is 0.0462. The third kappa shape index (κ3) is 6.34. The van der Waals surface area contributed by atoms with Crippen LogP contribution in [0.3, 0.4) is 0 Å². The number of hydrogen-bond donors (Lipinski definition) is 2. The molecule has 0 bridgehead atoms. The summed E-state index contributed by atoms with van der Waals surface area (Å²) in [7, 11) is 0. The fraction of sp³-hybridized carbons (Fsp3) is 0.474. The molecule has 26 heavy (non-hydrogen) atoms. The highest BCUT2D eigenvalue weighted by Crippen LogP contribution is 2.29. The summed E-state index contributed by atoms with van der Waals surface area (Å²) < 4.78 is 2.17. The number of amidine groups is 1. The molecular weight excluding hydrogens is 370 g/mol. The molecule has 1 amide bonds. The van der Waals surface area contributed by atoms with Gasteiger partial charge in [-0.2, -0.15) is 4.99 Å². The highest BCUT2D eigenvalue weighted by molar-refractivity contribution is 7.97. The second kappa shape index (κ2) is 8.93. The predicted octanol–water partition coefficient (Wildman–Crippen LogP) is 4.43. The molecule has 7 heteroatoms. The van der Waals surface area contributed by atoms with Gasteiger partial charge in [-0.1, -0.05) is 32.4 Å². The minimum Gasteiger partial charge on any atom is -0.512 e. The van der Waals surface area contributed by atoms with Crippen LogP contribution in [0.25, 0.3) is 0 Å². The van der Waals surface area contributed by atoms with Crippen LogP contribution in [0.5, 0.6) is 0 Å². The lowest BCUT2D eigenvalue weighted by Crippen LogP contribution is -2.34. The highest BCUT2D eigenvalue weighted by Gasteiger charge is 2.26. The maximum absolute atomic E-state index is 12.5. The first-order valence-electron chi connectivity index (χ1n) is 8.63. The molecule has 1 unspecified atom stereocenters. The number of allylic oxidation sites excluding steroid dienone is 1. The highest BCUT2D eigenvalue weighted by atomic mass is 35.5. The SMILES string of the molecule is CC(C)(C)/C(O)=C/C(N)=NC(=O)C1CCCN(Sc2ccc(Cl)cc2)C1. The van der Waals surface area contributed by atoms with Crippen molar-refractivity contribution in [1.29, 1.82) is 0 Å². The van der Waals surface area contributed by atoms with Crippen molar-refractivity contribution in [1.82, 2.24) is 4.31 Å². The topological polar surface area (TPSA) is 78.9 Å². The number of hydrogen-bond acceptors (Lipinski definition) is 4. The monoisotopic (exact) mass is 395 g/mol. The summed E-state index contributed by atoms with van der Waals surface area (Å²) >= 11 is 7.53. The van der Waals surface area contributed by atoms with Crippen molar-refractivity contribution in [2.75, 3.05) is 13.1 Å². The van der Waals surface area contributed by atoms with Crippen LogP contribution in [-0.4, -0.2) is 34.2 Å². The zero-order chi connectivity index (χ0) is 19.3. The van der Waals surface area contributed by atoms with E-state index in [1.165, 1.54) is 6.08 Å². The molecule has 0 saturated carbocycles. The summed E-state index contributed by atoms with van der Waals surface area (Å²) in [5.41, 5.74) is 5.38. The molecule has 1 saturated heterocycles. The van der Waals surface area contributed by atoms with Gasteiger partial charge in [-0.05, 0) is 49.1 Å². The standard InChI is InChI=1S/C19H26ClN3O2S/c1-19(2,3)16(24)11-17(21)22-18(25)13-5-4-10-23(12-13)26-15-8-6-14(20)7-9-15/h6-9,11,13,24H,4-5,10,12H2,1-3H3,(H2,21,22,25)/b16-11-. The van der Waals surface area contributed by atoms with E-state index in [1.54, 1.807) is 11.9 Å². The maximum Gasteiger partial charge on any atom is 0.252 e. The Bertz CT molecular complexity index is 696. The summed E-state index contributed by atoms with van der Waals surface area (Å²) in [4.78, 5) is 17.5. The minimum atomic E-state index is -0.431. The van der Waals surface area contributed by atoms with E-state index < -0.39 is 5.41 Å². The van der Waals surface area contributed by atoms with E-state index in [2.05, 4.69) is 9.30 Å². The number of aliphatic hydroxyl groups is 1. The summed E-state index contributed by atoms with van der Waals surface area (Å²) in [6.07, 6.45) is 3.08. The Kier molecular flexibility index (Phi) is 7.15. The lowest BCUT2D eigenvalue weighted by molar-refractivity contribution is -0.122. The number of nitrogens with zero attached hydrogens (tertiary/aromatic N) is 2. The van der Waals surface area contributed by atoms with Gasteiger partial charge in [-0.3, -0.25) is 4.79 Å². The number of piperidine rings is 1. The van der Waals surface area contributed by atoms with Gasteiger partial charge in [0.05, 0.1) is 5.92 Å². The molecule has 1 aromatic rings. The molecule has 1 heterocycles. The first-order valence-corrected chi connectivity index (χ1v) is 9.78. The third-order valence-corrected chi connectivity index (χ3v) is 5.40. The Morgan fingerprint density at radius 1 is 1.38 bits per heavy atom. The molecule has 1 atom stereocenters. The summed E-state index contributed by atoms with van der Waals surface area (Å²) in [6.45, 7) is 7.13. The van der Waals surface area contributed by atoms with Crippen molar-refractivity contribution in [3.8, 4) is 0 Å². The lowest BCUT2D eigenvalue weighted by atomic mass is 9.93. The van der Waals surface area contributed by atoms with Crippen LogP contribution in [0.2, 0.25) is 5.02 Å². The van der Waals surface area contributed by atoms with E-state index in [0.717, 1.165) is 24.3 Å². The maximum atomic E-state index is 12.5. The van der Waals surface area contributed by atoms with Crippen molar-refractivity contribution < 1.29 is 9.90 Å². The fourth-order valence-corrected chi connectivity index (χ4v) is 3.64. The molecule has 1 aliphatic heterocycles. The number of amides is 1. The van der Waals surface area contributed by atoms with E-state index in [0.29, 0.717) is 11.6 Å². The van der Waals surface area contributed by atoms with Gasteiger partial charge in [0.25, 0.3) is 5.91 Å². The van der Waals surface area contributed by atoms with E-state index in [-0.39, 0.29) is 23.4 Å². The first-order chi connectivity index (χ1) is 12.1. The predicted molar refractivity (Wildman–Crippen MR) is 108 cm³/mol. The zero-order valence-corrected chi connectivity index (χ0v) is 17.0. The summed E-state index contributed by atoms with van der Waals surface area (Å²) in [5.74, 6) is -0.269. The Balaban J connectivity index is 1.98. The van der Waals surface area contributed by atoms with E-state index >= 15 is 0 Å². The fourth-order valence-electron chi connectivity index (χ4n) is 2.48. The number of carbonyl (C=O) groups excluding carboxylic acids is 1. The van der Waals surface area contributed by atoms with Crippen LogP contribution in [0.1, 0.15) is 33.6 Å². The van der Waals surface area contributed by atoms with E-state index in [1.807, 2.05) is 45.0 Å². The molecule has 3 N–H and O–H groups in total. The van der Waals surface area contributed by atoms with Crippen LogP contribution >= 0.6 is 23.5 Å². The van der Waals surface area contributed by atoms with Crippen LogP contribution in [0.4, 0.5) is 0 Å². The molecule has 1 fully saturated rings. The van der Waals surface area contributed by atoms with E-state index in [4.69, 9.17) is 17.3 Å². The van der Waals surface area contributed by atoms with Crippen molar-refractivity contribution in [2.24, 2.45) is 22.1 Å². The Hall–Kier alpha value is -1.50.